The summed E-state index contributed by atoms with van der Waals surface area (Å²) in [5.74, 6) is 3.50. The molecule has 0 bridgehead atoms. The highest BCUT2D eigenvalue weighted by Gasteiger charge is 2.27. The molecule has 2 heterocycles. The topological polar surface area (TPSA) is 60.3 Å². The molecule has 180 valence electrons. The lowest BCUT2D eigenvalue weighted by Crippen LogP contribution is -2.21. The smallest absolute Gasteiger partial charge is 0.164 e. The number of nitrogens with zero attached hydrogens (tertiary/aromatic N) is 4. The van der Waals surface area contributed by atoms with E-state index in [4.69, 9.17) is 24.7 Å². The van der Waals surface area contributed by atoms with Crippen molar-refractivity contribution in [3.63, 3.8) is 0 Å². The number of aliphatic imine (C=N–C) groups is 1. The van der Waals surface area contributed by atoms with Gasteiger partial charge in [0.1, 0.15) is 11.4 Å². The van der Waals surface area contributed by atoms with Gasteiger partial charge in [-0.25, -0.2) is 19.9 Å². The summed E-state index contributed by atoms with van der Waals surface area (Å²) in [7, 11) is 0. The Morgan fingerprint density at radius 3 is 1.74 bits per heavy atom. The second-order valence-electron chi connectivity index (χ2n) is 9.12. The van der Waals surface area contributed by atoms with Crippen LogP contribution in [0, 0.1) is 0 Å². The maximum atomic E-state index is 6.14. The van der Waals surface area contributed by atoms with Gasteiger partial charge in [0.25, 0.3) is 0 Å². The van der Waals surface area contributed by atoms with E-state index in [-0.39, 0.29) is 5.92 Å². The lowest BCUT2D eigenvalue weighted by atomic mass is 9.88. The van der Waals surface area contributed by atoms with E-state index in [1.807, 2.05) is 97.1 Å². The fourth-order valence-electron chi connectivity index (χ4n) is 4.73. The summed E-state index contributed by atoms with van der Waals surface area (Å²) in [5.41, 5.74) is 5.71. The molecule has 1 unspecified atom stereocenters. The maximum absolute atomic E-state index is 6.14. The van der Waals surface area contributed by atoms with Gasteiger partial charge in [-0.2, -0.15) is 0 Å². The van der Waals surface area contributed by atoms with Crippen molar-refractivity contribution in [3.05, 3.63) is 139 Å². The molecular formula is C33H22N4O. The molecule has 1 aliphatic carbocycles. The number of allylic oxidation sites excluding steroid dienone is 4. The van der Waals surface area contributed by atoms with E-state index >= 15 is 0 Å². The first-order chi connectivity index (χ1) is 18.8. The van der Waals surface area contributed by atoms with Crippen LogP contribution in [0.2, 0.25) is 0 Å². The van der Waals surface area contributed by atoms with Crippen LogP contribution in [-0.2, 0) is 0 Å². The number of aromatic nitrogens is 3. The second-order valence-corrected chi connectivity index (χ2v) is 9.12. The minimum Gasteiger partial charge on any atom is -0.453 e. The van der Waals surface area contributed by atoms with Crippen LogP contribution in [0.4, 0.5) is 5.69 Å². The third kappa shape index (κ3) is 4.10. The summed E-state index contributed by atoms with van der Waals surface area (Å²) in [4.78, 5) is 19.4. The van der Waals surface area contributed by atoms with E-state index in [0.29, 0.717) is 17.5 Å². The Morgan fingerprint density at radius 2 is 1.11 bits per heavy atom. The molecule has 0 amide bonds. The van der Waals surface area contributed by atoms with Crippen LogP contribution >= 0.6 is 0 Å². The number of ether oxygens (including phenoxy) is 1. The zero-order valence-electron chi connectivity index (χ0n) is 20.4. The van der Waals surface area contributed by atoms with Gasteiger partial charge in [-0.3, -0.25) is 0 Å². The van der Waals surface area contributed by atoms with Crippen molar-refractivity contribution in [3.8, 4) is 39.9 Å². The normalized spacial score (nSPS) is 15.5. The summed E-state index contributed by atoms with van der Waals surface area (Å²) in [6, 6.07) is 36.2. The Bertz CT molecular complexity index is 1670. The summed E-state index contributed by atoms with van der Waals surface area (Å²) in [6.07, 6.45) is 6.16. The minimum atomic E-state index is -0.00414. The highest BCUT2D eigenvalue weighted by atomic mass is 16.5. The van der Waals surface area contributed by atoms with Crippen molar-refractivity contribution in [2.24, 2.45) is 4.99 Å². The number of benzene rings is 4. The van der Waals surface area contributed by atoms with Crippen LogP contribution in [0.1, 0.15) is 11.5 Å². The SMILES string of the molecule is C1=CC(c2ccc(-c3nc(-c4ccccc4)nc(-c4ccccc4)n3)cc2)C2=Nc3ccccc3OC2=C1. The Hall–Kier alpha value is -5.16. The van der Waals surface area contributed by atoms with Crippen LogP contribution in [0.5, 0.6) is 5.75 Å². The molecule has 0 spiro atoms. The van der Waals surface area contributed by atoms with Gasteiger partial charge in [0.2, 0.25) is 0 Å². The first-order valence-electron chi connectivity index (χ1n) is 12.5. The molecule has 7 rings (SSSR count). The van der Waals surface area contributed by atoms with E-state index < -0.39 is 0 Å². The molecule has 1 aliphatic heterocycles. The Labute approximate surface area is 220 Å². The zero-order valence-corrected chi connectivity index (χ0v) is 20.4. The fourth-order valence-corrected chi connectivity index (χ4v) is 4.73. The predicted molar refractivity (Wildman–Crippen MR) is 150 cm³/mol. The lowest BCUT2D eigenvalue weighted by Gasteiger charge is -2.26. The number of hydrogen-bond donors (Lipinski definition) is 0. The van der Waals surface area contributed by atoms with Crippen LogP contribution in [0.25, 0.3) is 34.2 Å². The van der Waals surface area contributed by atoms with Crippen LogP contribution in [0.15, 0.2) is 138 Å². The average molecular weight is 491 g/mol. The number of hydrogen-bond acceptors (Lipinski definition) is 5. The molecule has 0 N–H and O–H groups in total. The van der Waals surface area contributed by atoms with Crippen LogP contribution in [-0.4, -0.2) is 20.7 Å². The predicted octanol–water partition coefficient (Wildman–Crippen LogP) is 7.58. The maximum Gasteiger partial charge on any atom is 0.164 e. The Kier molecular flexibility index (Phi) is 5.44. The summed E-state index contributed by atoms with van der Waals surface area (Å²) in [5, 5.41) is 0. The van der Waals surface area contributed by atoms with Gasteiger partial charge < -0.3 is 4.74 Å². The van der Waals surface area contributed by atoms with E-state index in [1.165, 1.54) is 0 Å². The summed E-state index contributed by atoms with van der Waals surface area (Å²) >= 11 is 0. The number of para-hydroxylation sites is 2. The van der Waals surface area contributed by atoms with E-state index in [0.717, 1.165) is 45.2 Å². The van der Waals surface area contributed by atoms with E-state index in [9.17, 15) is 0 Å². The Morgan fingerprint density at radius 1 is 0.553 bits per heavy atom. The van der Waals surface area contributed by atoms with Gasteiger partial charge in [-0.1, -0.05) is 109 Å². The van der Waals surface area contributed by atoms with Crippen LogP contribution in [0.3, 0.4) is 0 Å². The first kappa shape index (κ1) is 22.1. The molecular weight excluding hydrogens is 468 g/mol. The van der Waals surface area contributed by atoms with Crippen molar-refractivity contribution in [1.29, 1.82) is 0 Å². The zero-order chi connectivity index (χ0) is 25.3. The Balaban J connectivity index is 1.27. The molecule has 1 atom stereocenters. The molecule has 38 heavy (non-hydrogen) atoms. The molecule has 1 aromatic heterocycles. The number of fused-ring (bicyclic) bond motifs is 2. The largest absolute Gasteiger partial charge is 0.453 e. The van der Waals surface area contributed by atoms with Crippen molar-refractivity contribution in [1.82, 2.24) is 15.0 Å². The average Bonchev–Trinajstić information content (AvgIpc) is 3.00. The minimum absolute atomic E-state index is 0.00414. The third-order valence-corrected chi connectivity index (χ3v) is 6.65. The highest BCUT2D eigenvalue weighted by Crippen LogP contribution is 2.39. The standard InChI is InChI=1S/C33H22N4O/c1-3-10-23(11-4-1)31-35-32(24-12-5-2-6-13-24)37-33(36-31)25-20-18-22(19-21-25)26-14-9-17-29-30(26)34-27-15-7-8-16-28(27)38-29/h1-21,26H. The molecule has 0 saturated heterocycles. The summed E-state index contributed by atoms with van der Waals surface area (Å²) < 4.78 is 6.14. The van der Waals surface area contributed by atoms with E-state index in [2.05, 4.69) is 30.3 Å². The van der Waals surface area contributed by atoms with E-state index in [1.54, 1.807) is 0 Å². The van der Waals surface area contributed by atoms with Gasteiger partial charge in [-0.15, -0.1) is 0 Å². The molecule has 2 aliphatic rings. The van der Waals surface area contributed by atoms with Crippen molar-refractivity contribution < 1.29 is 4.74 Å². The third-order valence-electron chi connectivity index (χ3n) is 6.65. The van der Waals surface area contributed by atoms with Crippen molar-refractivity contribution in [2.45, 2.75) is 5.92 Å². The van der Waals surface area contributed by atoms with Gasteiger partial charge in [0, 0.05) is 22.6 Å². The molecule has 0 radical (unpaired) electrons. The van der Waals surface area contributed by atoms with Gasteiger partial charge in [0.05, 0.1) is 5.71 Å². The van der Waals surface area contributed by atoms with Crippen molar-refractivity contribution >= 4 is 11.4 Å². The summed E-state index contributed by atoms with van der Waals surface area (Å²) in [6.45, 7) is 0. The molecule has 0 fully saturated rings. The van der Waals surface area contributed by atoms with Gasteiger partial charge in [0.15, 0.2) is 23.2 Å². The second kappa shape index (κ2) is 9.37. The monoisotopic (exact) mass is 490 g/mol. The fraction of sp³-hybridized carbons (Fsp3) is 0.0303. The molecule has 4 aromatic carbocycles. The van der Waals surface area contributed by atoms with Crippen LogP contribution < -0.4 is 4.74 Å². The molecule has 5 nitrogen and oxygen atoms in total. The quantitative estimate of drug-likeness (QED) is 0.261. The highest BCUT2D eigenvalue weighted by molar-refractivity contribution is 6.08. The van der Waals surface area contributed by atoms with Gasteiger partial charge >= 0.3 is 0 Å². The number of rotatable bonds is 4. The first-order valence-corrected chi connectivity index (χ1v) is 12.5. The molecule has 0 saturated carbocycles. The van der Waals surface area contributed by atoms with Crippen molar-refractivity contribution in [2.75, 3.05) is 0 Å². The molecule has 5 heteroatoms. The lowest BCUT2D eigenvalue weighted by molar-refractivity contribution is 0.446. The molecule has 5 aromatic rings. The van der Waals surface area contributed by atoms with Gasteiger partial charge in [-0.05, 0) is 23.8 Å².